The summed E-state index contributed by atoms with van der Waals surface area (Å²) in [5.74, 6) is 0.657. The van der Waals surface area contributed by atoms with Crippen molar-refractivity contribution in [1.82, 2.24) is 24.7 Å². The van der Waals surface area contributed by atoms with E-state index in [0.29, 0.717) is 23.3 Å². The second-order valence-electron chi connectivity index (χ2n) is 8.46. The molecule has 2 N–H and O–H groups in total. The number of anilines is 3. The van der Waals surface area contributed by atoms with Crippen LogP contribution in [0.4, 0.5) is 17.3 Å². The number of hydrogen-bond donors (Lipinski definition) is 2. The predicted octanol–water partition coefficient (Wildman–Crippen LogP) is 5.20. The molecule has 0 atom stereocenters. The summed E-state index contributed by atoms with van der Waals surface area (Å²) in [5, 5.41) is 12.8. The van der Waals surface area contributed by atoms with Gasteiger partial charge in [0, 0.05) is 33.5 Å². The van der Waals surface area contributed by atoms with Crippen LogP contribution in [-0.2, 0) is 16.6 Å². The number of sulfonamides is 1. The summed E-state index contributed by atoms with van der Waals surface area (Å²) in [7, 11) is -3.71. The minimum Gasteiger partial charge on any atom is -0.339 e. The van der Waals surface area contributed by atoms with E-state index in [-0.39, 0.29) is 5.82 Å². The van der Waals surface area contributed by atoms with E-state index in [1.165, 1.54) is 18.1 Å². The molecule has 0 saturated carbocycles. The molecule has 3 aromatic heterocycles. The minimum atomic E-state index is -3.71. The number of benzene rings is 3. The molecule has 0 radical (unpaired) electrons. The minimum absolute atomic E-state index is 0.144. The van der Waals surface area contributed by atoms with Crippen molar-refractivity contribution in [3.05, 3.63) is 103 Å². The second-order valence-corrected chi connectivity index (χ2v) is 10.1. The molecule has 3 heterocycles. The van der Waals surface area contributed by atoms with Crippen LogP contribution in [0.2, 0.25) is 0 Å². The molecule has 6 rings (SSSR count). The molecular weight excluding hydrogens is 486 g/mol. The van der Waals surface area contributed by atoms with Gasteiger partial charge in [0.25, 0.3) is 10.0 Å². The molecule has 0 fully saturated rings. The summed E-state index contributed by atoms with van der Waals surface area (Å²) in [5.41, 5.74) is 3.40. The lowest BCUT2D eigenvalue weighted by Gasteiger charge is -2.12. The van der Waals surface area contributed by atoms with Crippen LogP contribution in [0.5, 0.6) is 0 Å². The highest BCUT2D eigenvalue weighted by atomic mass is 32.2. The van der Waals surface area contributed by atoms with Crippen molar-refractivity contribution in [2.75, 3.05) is 10.0 Å². The van der Waals surface area contributed by atoms with Crippen LogP contribution in [0.3, 0.4) is 0 Å². The normalized spacial score (nSPS) is 11.7. The third kappa shape index (κ3) is 4.45. The molecule has 0 bridgehead atoms. The number of pyridine rings is 1. The van der Waals surface area contributed by atoms with Gasteiger partial charge in [-0.2, -0.15) is 5.10 Å². The number of nitrogens with one attached hydrogen (secondary N) is 2. The molecular formula is C27H21N7O2S. The van der Waals surface area contributed by atoms with Gasteiger partial charge in [0.2, 0.25) is 0 Å². The fraction of sp³-hybridized carbons (Fsp3) is 0.0370. The summed E-state index contributed by atoms with van der Waals surface area (Å²) >= 11 is 0. The summed E-state index contributed by atoms with van der Waals surface area (Å²) in [6.07, 6.45) is 5.00. The fourth-order valence-electron chi connectivity index (χ4n) is 4.30. The van der Waals surface area contributed by atoms with Gasteiger partial charge in [0.1, 0.15) is 18.0 Å². The molecule has 182 valence electrons. The first-order valence-electron chi connectivity index (χ1n) is 11.4. The molecule has 37 heavy (non-hydrogen) atoms. The van der Waals surface area contributed by atoms with Crippen LogP contribution in [0.15, 0.2) is 97.4 Å². The Kier molecular flexibility index (Phi) is 5.50. The van der Waals surface area contributed by atoms with Crippen molar-refractivity contribution in [2.24, 2.45) is 0 Å². The zero-order chi connectivity index (χ0) is 25.4. The molecule has 0 amide bonds. The van der Waals surface area contributed by atoms with E-state index in [4.69, 9.17) is 5.10 Å². The average Bonchev–Trinajstić information content (AvgIpc) is 3.32. The maximum absolute atomic E-state index is 11.9. The Morgan fingerprint density at radius 1 is 0.865 bits per heavy atom. The largest absolute Gasteiger partial charge is 0.339 e. The molecule has 6 aromatic rings. The first-order chi connectivity index (χ1) is 18.0. The van der Waals surface area contributed by atoms with Gasteiger partial charge in [-0.1, -0.05) is 61.2 Å². The lowest BCUT2D eigenvalue weighted by atomic mass is 10.0. The molecule has 0 aliphatic heterocycles. The molecule has 10 heteroatoms. The molecule has 0 unspecified atom stereocenters. The molecule has 9 nitrogen and oxygen atoms in total. The van der Waals surface area contributed by atoms with Crippen LogP contribution >= 0.6 is 0 Å². The predicted molar refractivity (Wildman–Crippen MR) is 146 cm³/mol. The number of aromatic nitrogens is 5. The number of hydrogen-bond acceptors (Lipinski definition) is 7. The highest BCUT2D eigenvalue weighted by molar-refractivity contribution is 7.95. The van der Waals surface area contributed by atoms with E-state index >= 15 is 0 Å². The molecule has 3 aromatic carbocycles. The molecule has 0 saturated heterocycles. The Labute approximate surface area is 212 Å². The van der Waals surface area contributed by atoms with Gasteiger partial charge in [0.05, 0.1) is 23.8 Å². The van der Waals surface area contributed by atoms with Crippen molar-refractivity contribution < 1.29 is 8.42 Å². The highest BCUT2D eigenvalue weighted by Crippen LogP contribution is 2.34. The fourth-order valence-corrected chi connectivity index (χ4v) is 4.79. The van der Waals surface area contributed by atoms with Crippen molar-refractivity contribution in [3.8, 4) is 0 Å². The smallest absolute Gasteiger partial charge is 0.255 e. The van der Waals surface area contributed by atoms with Crippen molar-refractivity contribution in [1.29, 1.82) is 0 Å². The summed E-state index contributed by atoms with van der Waals surface area (Å²) in [6.45, 7) is 3.99. The summed E-state index contributed by atoms with van der Waals surface area (Å²) in [6, 6.07) is 21.9. The van der Waals surface area contributed by atoms with Gasteiger partial charge in [-0.25, -0.2) is 23.4 Å². The Morgan fingerprint density at radius 3 is 2.46 bits per heavy atom. The maximum Gasteiger partial charge on any atom is 0.255 e. The number of rotatable bonds is 7. The Hall–Kier alpha value is -4.83. The van der Waals surface area contributed by atoms with E-state index in [1.54, 1.807) is 6.07 Å². The zero-order valence-electron chi connectivity index (χ0n) is 19.5. The summed E-state index contributed by atoms with van der Waals surface area (Å²) < 4.78 is 28.2. The molecule has 0 aliphatic carbocycles. The third-order valence-electron chi connectivity index (χ3n) is 6.01. The first-order valence-corrected chi connectivity index (χ1v) is 13.0. The highest BCUT2D eigenvalue weighted by Gasteiger charge is 2.14. The molecule has 0 spiro atoms. The average molecular weight is 508 g/mol. The van der Waals surface area contributed by atoms with Gasteiger partial charge in [-0.3, -0.25) is 9.40 Å². The van der Waals surface area contributed by atoms with Crippen molar-refractivity contribution in [2.45, 2.75) is 6.54 Å². The number of nitrogens with zero attached hydrogens (tertiary/aromatic N) is 5. The van der Waals surface area contributed by atoms with Crippen molar-refractivity contribution in [3.63, 3.8) is 0 Å². The maximum atomic E-state index is 11.9. The van der Waals surface area contributed by atoms with E-state index in [9.17, 15) is 8.42 Å². The second kappa shape index (κ2) is 8.99. The van der Waals surface area contributed by atoms with E-state index in [0.717, 1.165) is 32.8 Å². The third-order valence-corrected chi connectivity index (χ3v) is 6.94. The lowest BCUT2D eigenvalue weighted by molar-refractivity contribution is 0.609. The van der Waals surface area contributed by atoms with Crippen molar-refractivity contribution >= 4 is 59.9 Å². The Balaban J connectivity index is 1.44. The first kappa shape index (κ1) is 22.6. The van der Waals surface area contributed by atoms with E-state index < -0.39 is 10.0 Å². The quantitative estimate of drug-likeness (QED) is 0.305. The van der Waals surface area contributed by atoms with E-state index in [2.05, 4.69) is 56.0 Å². The Bertz CT molecular complexity index is 1900. The van der Waals surface area contributed by atoms with Crippen LogP contribution in [0.25, 0.3) is 32.6 Å². The van der Waals surface area contributed by atoms with Gasteiger partial charge in [-0.05, 0) is 23.1 Å². The van der Waals surface area contributed by atoms with Crippen LogP contribution in [-0.4, -0.2) is 33.2 Å². The van der Waals surface area contributed by atoms with Crippen LogP contribution in [0, 0.1) is 0 Å². The SMILES string of the molecule is C=CS(=O)(=O)Nc1cc2c(Nc3cc4nn(Cc5ccccc5)cc4c4ccccc34)ncnc2cn1. The standard InChI is InChI=1S/C27H21N7O2S/c1-2-37(35,36)33-26-12-21-25(14-28-26)29-17-30-27(21)31-23-13-24-22(19-10-6-7-11-20(19)23)16-34(32-24)15-18-8-4-3-5-9-18/h2-14,16-17H,1,15H2,(H,28,33)(H,29,30,31). The zero-order valence-corrected chi connectivity index (χ0v) is 20.4. The van der Waals surface area contributed by atoms with Crippen LogP contribution in [0.1, 0.15) is 5.56 Å². The van der Waals surface area contributed by atoms with E-state index in [1.807, 2.05) is 47.1 Å². The molecule has 0 aliphatic rings. The number of fused-ring (bicyclic) bond motifs is 4. The summed E-state index contributed by atoms with van der Waals surface area (Å²) in [4.78, 5) is 12.9. The van der Waals surface area contributed by atoms with Crippen LogP contribution < -0.4 is 10.0 Å². The topological polar surface area (TPSA) is 115 Å². The van der Waals surface area contributed by atoms with Gasteiger partial charge >= 0.3 is 0 Å². The Morgan fingerprint density at radius 2 is 1.65 bits per heavy atom. The monoisotopic (exact) mass is 507 g/mol. The lowest BCUT2D eigenvalue weighted by Crippen LogP contribution is -2.09. The van der Waals surface area contributed by atoms with Gasteiger partial charge < -0.3 is 5.32 Å². The van der Waals surface area contributed by atoms with Gasteiger partial charge in [-0.15, -0.1) is 0 Å². The van der Waals surface area contributed by atoms with Gasteiger partial charge in [0.15, 0.2) is 0 Å².